The van der Waals surface area contributed by atoms with Gasteiger partial charge in [-0.3, -0.25) is 4.79 Å². The van der Waals surface area contributed by atoms with Crippen LogP contribution in [0.1, 0.15) is 37.7 Å². The van der Waals surface area contributed by atoms with Crippen molar-refractivity contribution < 1.29 is 20.1 Å². The van der Waals surface area contributed by atoms with Gasteiger partial charge >= 0.3 is 5.97 Å². The Morgan fingerprint density at radius 2 is 1.65 bits per heavy atom. The van der Waals surface area contributed by atoms with Gasteiger partial charge in [0.1, 0.15) is 11.5 Å². The van der Waals surface area contributed by atoms with E-state index in [1.54, 1.807) is 12.1 Å². The third-order valence-corrected chi connectivity index (χ3v) is 3.57. The first-order valence-electron chi connectivity index (χ1n) is 5.77. The van der Waals surface area contributed by atoms with Crippen LogP contribution < -0.4 is 0 Å². The van der Waals surface area contributed by atoms with Crippen molar-refractivity contribution in [3.05, 3.63) is 23.8 Å². The summed E-state index contributed by atoms with van der Waals surface area (Å²) in [6.07, 6.45) is 3.62. The van der Waals surface area contributed by atoms with E-state index < -0.39 is 11.4 Å². The maximum absolute atomic E-state index is 11.0. The Morgan fingerprint density at radius 3 is 2.12 bits per heavy atom. The van der Waals surface area contributed by atoms with E-state index in [2.05, 4.69) is 0 Å². The minimum absolute atomic E-state index is 0.0170. The average molecular weight is 236 g/mol. The molecule has 3 N–H and O–H groups in total. The zero-order valence-electron chi connectivity index (χ0n) is 9.52. The van der Waals surface area contributed by atoms with Gasteiger partial charge in [0.2, 0.25) is 0 Å². The third-order valence-electron chi connectivity index (χ3n) is 3.57. The topological polar surface area (TPSA) is 77.8 Å². The summed E-state index contributed by atoms with van der Waals surface area (Å²) in [4.78, 5) is 11.0. The normalized spacial score (nSPS) is 18.1. The summed E-state index contributed by atoms with van der Waals surface area (Å²) in [7, 11) is 0. The second-order valence-electron chi connectivity index (χ2n) is 4.80. The van der Waals surface area contributed by atoms with Gasteiger partial charge in [0.15, 0.2) is 0 Å². The fraction of sp³-hybridized carbons (Fsp3) is 0.462. The van der Waals surface area contributed by atoms with E-state index in [-0.39, 0.29) is 17.9 Å². The molecule has 1 aromatic rings. The zero-order valence-corrected chi connectivity index (χ0v) is 9.52. The summed E-state index contributed by atoms with van der Waals surface area (Å²) >= 11 is 0. The van der Waals surface area contributed by atoms with Crippen molar-refractivity contribution in [3.8, 4) is 11.5 Å². The lowest BCUT2D eigenvalue weighted by Gasteiger charge is -2.28. The highest BCUT2D eigenvalue weighted by molar-refractivity contribution is 5.69. The first kappa shape index (κ1) is 11.8. The van der Waals surface area contributed by atoms with Crippen molar-refractivity contribution in [2.45, 2.75) is 37.5 Å². The summed E-state index contributed by atoms with van der Waals surface area (Å²) in [5, 5.41) is 28.0. The van der Waals surface area contributed by atoms with Crippen molar-refractivity contribution in [2.24, 2.45) is 0 Å². The molecule has 0 saturated heterocycles. The monoisotopic (exact) mass is 236 g/mol. The standard InChI is InChI=1S/C13H16O4/c14-10-5-9(6-11(15)7-10)13(8-12(16)17)3-1-2-4-13/h5-7,14-15H,1-4,8H2,(H,16,17). The molecule has 0 atom stereocenters. The molecular formula is C13H16O4. The molecule has 0 radical (unpaired) electrons. The molecule has 17 heavy (non-hydrogen) atoms. The number of hydrogen-bond donors (Lipinski definition) is 3. The fourth-order valence-electron chi connectivity index (χ4n) is 2.81. The van der Waals surface area contributed by atoms with Gasteiger partial charge in [0.25, 0.3) is 0 Å². The van der Waals surface area contributed by atoms with Crippen LogP contribution in [0.3, 0.4) is 0 Å². The van der Waals surface area contributed by atoms with Crippen LogP contribution in [-0.2, 0) is 10.2 Å². The van der Waals surface area contributed by atoms with E-state index in [1.165, 1.54) is 6.07 Å². The summed E-state index contributed by atoms with van der Waals surface area (Å²) < 4.78 is 0. The van der Waals surface area contributed by atoms with Crippen molar-refractivity contribution in [2.75, 3.05) is 0 Å². The molecule has 4 nitrogen and oxygen atoms in total. The Bertz CT molecular complexity index is 413. The maximum Gasteiger partial charge on any atom is 0.304 e. The van der Waals surface area contributed by atoms with Crippen molar-refractivity contribution in [1.82, 2.24) is 0 Å². The molecule has 0 spiro atoms. The number of aromatic hydroxyl groups is 2. The second kappa shape index (κ2) is 4.28. The summed E-state index contributed by atoms with van der Waals surface area (Å²) in [6.45, 7) is 0. The highest BCUT2D eigenvalue weighted by Crippen LogP contribution is 2.45. The van der Waals surface area contributed by atoms with E-state index in [0.29, 0.717) is 0 Å². The van der Waals surface area contributed by atoms with Crippen LogP contribution in [0, 0.1) is 0 Å². The number of phenolic OH excluding ortho intramolecular Hbond substituents is 2. The molecule has 1 saturated carbocycles. The average Bonchev–Trinajstić information content (AvgIpc) is 2.65. The molecule has 1 fully saturated rings. The van der Waals surface area contributed by atoms with E-state index in [9.17, 15) is 15.0 Å². The molecule has 0 amide bonds. The van der Waals surface area contributed by atoms with Gasteiger partial charge in [0.05, 0.1) is 6.42 Å². The van der Waals surface area contributed by atoms with Gasteiger partial charge in [-0.1, -0.05) is 12.8 Å². The van der Waals surface area contributed by atoms with Crippen LogP contribution in [-0.4, -0.2) is 21.3 Å². The Hall–Kier alpha value is -1.71. The van der Waals surface area contributed by atoms with E-state index in [1.807, 2.05) is 0 Å². The number of carboxylic acid groups (broad SMARTS) is 1. The number of rotatable bonds is 3. The number of benzene rings is 1. The van der Waals surface area contributed by atoms with Crippen molar-refractivity contribution in [1.29, 1.82) is 0 Å². The second-order valence-corrected chi connectivity index (χ2v) is 4.80. The largest absolute Gasteiger partial charge is 0.508 e. The fourth-order valence-corrected chi connectivity index (χ4v) is 2.81. The molecular weight excluding hydrogens is 220 g/mol. The van der Waals surface area contributed by atoms with Gasteiger partial charge in [-0.2, -0.15) is 0 Å². The molecule has 92 valence electrons. The first-order chi connectivity index (χ1) is 8.02. The van der Waals surface area contributed by atoms with Crippen molar-refractivity contribution in [3.63, 3.8) is 0 Å². The third kappa shape index (κ3) is 2.35. The lowest BCUT2D eigenvalue weighted by atomic mass is 9.76. The number of phenols is 2. The van der Waals surface area contributed by atoms with Gasteiger partial charge < -0.3 is 15.3 Å². The molecule has 1 aromatic carbocycles. The van der Waals surface area contributed by atoms with Gasteiger partial charge in [-0.05, 0) is 30.5 Å². The first-order valence-corrected chi connectivity index (χ1v) is 5.77. The molecule has 1 aliphatic carbocycles. The molecule has 0 heterocycles. The minimum atomic E-state index is -0.838. The van der Waals surface area contributed by atoms with Crippen LogP contribution in [0.2, 0.25) is 0 Å². The number of carboxylic acids is 1. The van der Waals surface area contributed by atoms with E-state index in [0.717, 1.165) is 31.2 Å². The highest BCUT2D eigenvalue weighted by Gasteiger charge is 2.38. The smallest absolute Gasteiger partial charge is 0.304 e. The Morgan fingerprint density at radius 1 is 1.12 bits per heavy atom. The Balaban J connectivity index is 2.41. The summed E-state index contributed by atoms with van der Waals surface area (Å²) in [5.41, 5.74) is 0.303. The molecule has 0 aliphatic heterocycles. The Labute approximate surface area is 99.5 Å². The lowest BCUT2D eigenvalue weighted by Crippen LogP contribution is -2.25. The molecule has 4 heteroatoms. The van der Waals surface area contributed by atoms with Crippen LogP contribution in [0.4, 0.5) is 0 Å². The van der Waals surface area contributed by atoms with Crippen LogP contribution in [0.5, 0.6) is 11.5 Å². The highest BCUT2D eigenvalue weighted by atomic mass is 16.4. The van der Waals surface area contributed by atoms with Gasteiger partial charge in [-0.25, -0.2) is 0 Å². The molecule has 0 aromatic heterocycles. The number of aliphatic carboxylic acids is 1. The van der Waals surface area contributed by atoms with E-state index in [4.69, 9.17) is 5.11 Å². The molecule has 2 rings (SSSR count). The molecule has 0 bridgehead atoms. The molecule has 1 aliphatic rings. The lowest BCUT2D eigenvalue weighted by molar-refractivity contribution is -0.138. The maximum atomic E-state index is 11.0. The minimum Gasteiger partial charge on any atom is -0.508 e. The van der Waals surface area contributed by atoms with Crippen molar-refractivity contribution >= 4 is 5.97 Å². The predicted molar refractivity (Wildman–Crippen MR) is 62.2 cm³/mol. The Kier molecular flexibility index (Phi) is 2.96. The van der Waals surface area contributed by atoms with E-state index >= 15 is 0 Å². The predicted octanol–water partition coefficient (Wildman–Crippen LogP) is 2.38. The van der Waals surface area contributed by atoms with Crippen LogP contribution in [0.15, 0.2) is 18.2 Å². The quantitative estimate of drug-likeness (QED) is 0.753. The number of carbonyl (C=O) groups is 1. The van der Waals surface area contributed by atoms with Crippen LogP contribution >= 0.6 is 0 Å². The zero-order chi connectivity index (χ0) is 12.5. The summed E-state index contributed by atoms with van der Waals surface area (Å²) in [6, 6.07) is 4.38. The van der Waals surface area contributed by atoms with Gasteiger partial charge in [0, 0.05) is 11.5 Å². The van der Waals surface area contributed by atoms with Crippen LogP contribution in [0.25, 0.3) is 0 Å². The molecule has 0 unspecified atom stereocenters. The summed E-state index contributed by atoms with van der Waals surface area (Å²) in [5.74, 6) is -0.872. The van der Waals surface area contributed by atoms with Gasteiger partial charge in [-0.15, -0.1) is 0 Å². The number of hydrogen-bond acceptors (Lipinski definition) is 3. The SMILES string of the molecule is O=C(O)CC1(c2cc(O)cc(O)c2)CCCC1.